The van der Waals surface area contributed by atoms with Crippen LogP contribution >= 0.6 is 11.3 Å². The summed E-state index contributed by atoms with van der Waals surface area (Å²) in [5.74, 6) is -0.157. The molecule has 0 aliphatic heterocycles. The van der Waals surface area contributed by atoms with Crippen LogP contribution in [-0.2, 0) is 0 Å². The number of phenols is 1. The standard InChI is InChI=1S/C20H11NO3S.C2H6/c22-13-9-15-18(21-12-7-3-4-8-14(12)25-15)17-16(13)19(23)10-5-1-2-6-11(10)20(17)24;1-2/h1-9,21-22H;1-2H3. The summed E-state index contributed by atoms with van der Waals surface area (Å²) in [5, 5.41) is 11.5. The molecule has 0 spiro atoms. The number of aromatic hydroxyl groups is 1. The molecule has 1 aromatic heterocycles. The Morgan fingerprint density at radius 3 is 2.11 bits per heavy atom. The van der Waals surface area contributed by atoms with E-state index < -0.39 is 0 Å². The quantitative estimate of drug-likeness (QED) is 0.291. The highest BCUT2D eigenvalue weighted by molar-refractivity contribution is 7.24. The maximum Gasteiger partial charge on any atom is 0.198 e. The summed E-state index contributed by atoms with van der Waals surface area (Å²) in [7, 11) is 0. The maximum atomic E-state index is 13.1. The number of aromatic nitrogens is 1. The van der Waals surface area contributed by atoms with Crippen LogP contribution < -0.4 is 10.9 Å². The number of aromatic amines is 1. The molecule has 0 saturated carbocycles. The van der Waals surface area contributed by atoms with Crippen molar-refractivity contribution in [3.8, 4) is 5.75 Å². The number of fused-ring (bicyclic) bond motifs is 5. The number of phenolic OH excluding ortho intramolecular Hbond substituents is 1. The van der Waals surface area contributed by atoms with Crippen molar-refractivity contribution in [1.29, 1.82) is 0 Å². The van der Waals surface area contributed by atoms with Crippen LogP contribution in [-0.4, -0.2) is 10.1 Å². The first-order chi connectivity index (χ1) is 13.1. The molecular formula is C22H17NO3S. The van der Waals surface area contributed by atoms with E-state index in [9.17, 15) is 14.7 Å². The zero-order valence-corrected chi connectivity index (χ0v) is 15.7. The zero-order chi connectivity index (χ0) is 19.1. The highest BCUT2D eigenvalue weighted by Gasteiger charge is 2.17. The van der Waals surface area contributed by atoms with Crippen LogP contribution in [0.25, 0.3) is 42.0 Å². The zero-order valence-electron chi connectivity index (χ0n) is 14.9. The lowest BCUT2D eigenvalue weighted by molar-refractivity contribution is 0.482. The van der Waals surface area contributed by atoms with Crippen LogP contribution in [0.4, 0.5) is 0 Å². The van der Waals surface area contributed by atoms with Crippen molar-refractivity contribution in [3.63, 3.8) is 0 Å². The molecule has 5 aromatic rings. The SMILES string of the molecule is CC.O=c1c2ccccc2c(=O)c2c1c(O)cc1sc3ccccc3[nH]c12. The topological polar surface area (TPSA) is 70.2 Å². The van der Waals surface area contributed by atoms with Crippen LogP contribution in [0.2, 0.25) is 0 Å². The normalized spacial score (nSPS) is 11.0. The number of para-hydroxylation sites is 1. The second kappa shape index (κ2) is 6.52. The molecule has 27 heavy (non-hydrogen) atoms. The predicted molar refractivity (Wildman–Crippen MR) is 114 cm³/mol. The number of benzene rings is 4. The molecule has 1 heterocycles. The van der Waals surface area contributed by atoms with E-state index in [-0.39, 0.29) is 27.4 Å². The molecule has 0 saturated heterocycles. The van der Waals surface area contributed by atoms with Crippen molar-refractivity contribution in [2.45, 2.75) is 13.8 Å². The highest BCUT2D eigenvalue weighted by atomic mass is 32.1. The molecule has 0 aliphatic carbocycles. The molecule has 5 heteroatoms. The fourth-order valence-corrected chi connectivity index (χ4v) is 4.41. The van der Waals surface area contributed by atoms with Crippen LogP contribution in [0.1, 0.15) is 13.8 Å². The molecule has 4 nitrogen and oxygen atoms in total. The summed E-state index contributed by atoms with van der Waals surface area (Å²) in [5.41, 5.74) is 0.900. The van der Waals surface area contributed by atoms with Crippen molar-refractivity contribution in [2.24, 2.45) is 0 Å². The van der Waals surface area contributed by atoms with E-state index >= 15 is 0 Å². The van der Waals surface area contributed by atoms with Gasteiger partial charge in [-0.05, 0) is 12.1 Å². The van der Waals surface area contributed by atoms with E-state index in [0.717, 1.165) is 14.9 Å². The van der Waals surface area contributed by atoms with Gasteiger partial charge in [-0.3, -0.25) is 9.59 Å². The Labute approximate surface area is 158 Å². The monoisotopic (exact) mass is 375 g/mol. The van der Waals surface area contributed by atoms with Gasteiger partial charge in [-0.2, -0.15) is 0 Å². The van der Waals surface area contributed by atoms with Crippen molar-refractivity contribution in [1.82, 2.24) is 4.98 Å². The first-order valence-electron chi connectivity index (χ1n) is 8.77. The third-order valence-corrected chi connectivity index (χ3v) is 5.63. The number of rotatable bonds is 0. The Hall–Kier alpha value is -3.18. The van der Waals surface area contributed by atoms with Gasteiger partial charge < -0.3 is 10.1 Å². The van der Waals surface area contributed by atoms with E-state index in [4.69, 9.17) is 0 Å². The minimum Gasteiger partial charge on any atom is -0.507 e. The van der Waals surface area contributed by atoms with Gasteiger partial charge in [0, 0.05) is 16.8 Å². The highest BCUT2D eigenvalue weighted by Crippen LogP contribution is 2.34. The molecule has 134 valence electrons. The van der Waals surface area contributed by atoms with Gasteiger partial charge in [-0.25, -0.2) is 0 Å². The average Bonchev–Trinajstić information content (AvgIpc) is 2.71. The van der Waals surface area contributed by atoms with Gasteiger partial charge in [0.2, 0.25) is 0 Å². The third-order valence-electron chi connectivity index (χ3n) is 4.51. The lowest BCUT2D eigenvalue weighted by Gasteiger charge is -2.08. The Bertz CT molecular complexity index is 1450. The lowest BCUT2D eigenvalue weighted by Crippen LogP contribution is -2.13. The second-order valence-electron chi connectivity index (χ2n) is 5.95. The van der Waals surface area contributed by atoms with Gasteiger partial charge in [0.1, 0.15) is 5.75 Å². The molecular weight excluding hydrogens is 358 g/mol. The van der Waals surface area contributed by atoms with Crippen LogP contribution in [0.15, 0.2) is 64.2 Å². The number of hydrogen-bond donors (Lipinski definition) is 2. The molecule has 0 aliphatic rings. The van der Waals surface area contributed by atoms with Gasteiger partial charge in [0.05, 0.1) is 31.2 Å². The van der Waals surface area contributed by atoms with E-state index in [1.807, 2.05) is 38.1 Å². The molecule has 5 rings (SSSR count). The van der Waals surface area contributed by atoms with Gasteiger partial charge in [0.15, 0.2) is 10.9 Å². The van der Waals surface area contributed by atoms with Crippen molar-refractivity contribution in [3.05, 3.63) is 75.0 Å². The van der Waals surface area contributed by atoms with Crippen molar-refractivity contribution >= 4 is 53.3 Å². The predicted octanol–water partition coefficient (Wildman–Crippen LogP) is 5.14. The lowest BCUT2D eigenvalue weighted by atomic mass is 10.0. The molecule has 2 N–H and O–H groups in total. The Balaban J connectivity index is 0.000000872. The van der Waals surface area contributed by atoms with Gasteiger partial charge in [0.25, 0.3) is 0 Å². The third kappa shape index (κ3) is 2.51. The van der Waals surface area contributed by atoms with Crippen molar-refractivity contribution < 1.29 is 5.11 Å². The molecule has 0 amide bonds. The van der Waals surface area contributed by atoms with E-state index in [1.54, 1.807) is 30.3 Å². The smallest absolute Gasteiger partial charge is 0.198 e. The van der Waals surface area contributed by atoms with Crippen LogP contribution in [0.3, 0.4) is 0 Å². The molecule has 0 bridgehead atoms. The fraction of sp³-hybridized carbons (Fsp3) is 0.0909. The molecule has 0 atom stereocenters. The van der Waals surface area contributed by atoms with E-state index in [2.05, 4.69) is 4.98 Å². The largest absolute Gasteiger partial charge is 0.507 e. The Kier molecular flexibility index (Phi) is 4.16. The van der Waals surface area contributed by atoms with Gasteiger partial charge in [-0.15, -0.1) is 11.3 Å². The van der Waals surface area contributed by atoms with Crippen LogP contribution in [0, 0.1) is 0 Å². The summed E-state index contributed by atoms with van der Waals surface area (Å²) >= 11 is 1.47. The summed E-state index contributed by atoms with van der Waals surface area (Å²) < 4.78 is 1.74. The summed E-state index contributed by atoms with van der Waals surface area (Å²) in [6.07, 6.45) is 0. The first kappa shape index (κ1) is 17.2. The Morgan fingerprint density at radius 2 is 1.41 bits per heavy atom. The maximum absolute atomic E-state index is 13.1. The first-order valence-corrected chi connectivity index (χ1v) is 9.59. The van der Waals surface area contributed by atoms with E-state index in [0.29, 0.717) is 16.3 Å². The van der Waals surface area contributed by atoms with E-state index in [1.165, 1.54) is 11.3 Å². The van der Waals surface area contributed by atoms with Gasteiger partial charge >= 0.3 is 0 Å². The fourth-order valence-electron chi connectivity index (χ4n) is 3.37. The summed E-state index contributed by atoms with van der Waals surface area (Å²) in [4.78, 5) is 29.2. The average molecular weight is 375 g/mol. The second-order valence-corrected chi connectivity index (χ2v) is 7.03. The minimum atomic E-state index is -0.323. The number of hydrogen-bond acceptors (Lipinski definition) is 4. The summed E-state index contributed by atoms with van der Waals surface area (Å²) in [6.45, 7) is 4.00. The molecule has 4 aromatic carbocycles. The molecule has 0 fully saturated rings. The Morgan fingerprint density at radius 1 is 0.815 bits per heavy atom. The molecule has 0 unspecified atom stereocenters. The number of H-pyrrole nitrogens is 1. The van der Waals surface area contributed by atoms with Crippen LogP contribution in [0.5, 0.6) is 5.75 Å². The minimum absolute atomic E-state index is 0.0786. The van der Waals surface area contributed by atoms with Gasteiger partial charge in [-0.1, -0.05) is 50.2 Å². The number of nitrogens with one attached hydrogen (secondary N) is 1. The summed E-state index contributed by atoms with van der Waals surface area (Å²) in [6, 6.07) is 16.0. The molecule has 0 radical (unpaired) electrons. The van der Waals surface area contributed by atoms with Crippen molar-refractivity contribution in [2.75, 3.05) is 0 Å².